The molecule has 148 valence electrons. The molecule has 1 aliphatic rings. The lowest BCUT2D eigenvalue weighted by Gasteiger charge is -2.15. The largest absolute Gasteiger partial charge is 0.449 e. The zero-order valence-corrected chi connectivity index (χ0v) is 15.2. The van der Waals surface area contributed by atoms with Gasteiger partial charge in [-0.3, -0.25) is 4.79 Å². The average Bonchev–Trinajstić information content (AvgIpc) is 2.92. The summed E-state index contributed by atoms with van der Waals surface area (Å²) >= 11 is 0. The fraction of sp³-hybridized carbons (Fsp3) is 0.412. The van der Waals surface area contributed by atoms with Gasteiger partial charge < -0.3 is 14.8 Å². The molecule has 0 aromatic heterocycles. The second kappa shape index (κ2) is 8.94. The normalized spacial score (nSPS) is 19.8. The maximum atomic E-state index is 12.1. The Bertz CT molecular complexity index is 807. The van der Waals surface area contributed by atoms with E-state index >= 15 is 0 Å². The van der Waals surface area contributed by atoms with Crippen LogP contribution in [0.15, 0.2) is 30.3 Å². The second-order valence-corrected chi connectivity index (χ2v) is 8.20. The topological polar surface area (TPSA) is 98.8 Å². The molecule has 27 heavy (non-hydrogen) atoms. The number of halogens is 2. The van der Waals surface area contributed by atoms with Gasteiger partial charge in [0.25, 0.3) is 5.91 Å². The van der Waals surface area contributed by atoms with Crippen LogP contribution in [0.2, 0.25) is 0 Å². The molecule has 0 radical (unpaired) electrons. The van der Waals surface area contributed by atoms with Gasteiger partial charge in [0.2, 0.25) is 0 Å². The van der Waals surface area contributed by atoms with Crippen molar-refractivity contribution in [3.8, 4) is 5.75 Å². The van der Waals surface area contributed by atoms with Gasteiger partial charge in [-0.25, -0.2) is 13.2 Å². The molecule has 1 N–H and O–H groups in total. The summed E-state index contributed by atoms with van der Waals surface area (Å²) in [6.45, 7) is -1.54. The highest BCUT2D eigenvalue weighted by Gasteiger charge is 2.30. The minimum Gasteiger partial charge on any atom is -0.449 e. The molecule has 0 bridgehead atoms. The fourth-order valence-corrected chi connectivity index (χ4v) is 4.09. The molecule has 2 rings (SSSR count). The van der Waals surface area contributed by atoms with Gasteiger partial charge in [0.05, 0.1) is 11.5 Å². The quantitative estimate of drug-likeness (QED) is 0.548. The molecular formula is C17H19F2NO6S. The highest BCUT2D eigenvalue weighted by atomic mass is 32.2. The summed E-state index contributed by atoms with van der Waals surface area (Å²) in [5, 5.41) is 2.54. The first kappa shape index (κ1) is 20.8. The minimum absolute atomic E-state index is 0.0102. The van der Waals surface area contributed by atoms with E-state index in [0.29, 0.717) is 12.0 Å². The van der Waals surface area contributed by atoms with Gasteiger partial charge in [-0.2, -0.15) is 8.78 Å². The molecular weight excluding hydrogens is 384 g/mol. The first-order valence-corrected chi connectivity index (χ1v) is 9.91. The van der Waals surface area contributed by atoms with E-state index in [2.05, 4.69) is 10.1 Å². The summed E-state index contributed by atoms with van der Waals surface area (Å²) in [6, 6.07) is 5.11. The van der Waals surface area contributed by atoms with Gasteiger partial charge in [-0.1, -0.05) is 12.1 Å². The number of carbonyl (C=O) groups excluding carboxylic acids is 2. The van der Waals surface area contributed by atoms with Crippen molar-refractivity contribution in [3.63, 3.8) is 0 Å². The first-order chi connectivity index (χ1) is 12.6. The Kier molecular flexibility index (Phi) is 6.89. The molecule has 1 aromatic rings. The number of nitrogens with one attached hydrogen (secondary N) is 1. The van der Waals surface area contributed by atoms with Gasteiger partial charge in [0, 0.05) is 12.1 Å². The third-order valence-electron chi connectivity index (χ3n) is 3.76. The molecule has 0 unspecified atom stereocenters. The summed E-state index contributed by atoms with van der Waals surface area (Å²) in [6.07, 6.45) is 1.72. The van der Waals surface area contributed by atoms with Crippen LogP contribution in [0, 0.1) is 0 Å². The van der Waals surface area contributed by atoms with Gasteiger partial charge in [-0.15, -0.1) is 0 Å². The van der Waals surface area contributed by atoms with E-state index in [1.807, 2.05) is 0 Å². The Labute approximate surface area is 155 Å². The summed E-state index contributed by atoms with van der Waals surface area (Å²) in [5.41, 5.74) is 0.543. The van der Waals surface area contributed by atoms with Crippen LogP contribution in [0.5, 0.6) is 5.75 Å². The van der Waals surface area contributed by atoms with Crippen molar-refractivity contribution in [3.05, 3.63) is 35.9 Å². The standard InChI is InChI=1S/C17H19F2NO6S/c1-11(16(22)20-13-8-9-27(23,24)10-13)25-15(21)7-4-12-2-5-14(6-3-12)26-17(18)19/h2-7,11,13,17H,8-10H2,1H3,(H,20,22)/b7-4+/t11-,13+/m1/s1. The van der Waals surface area contributed by atoms with Crippen molar-refractivity contribution in [1.82, 2.24) is 5.32 Å². The molecule has 7 nitrogen and oxygen atoms in total. The first-order valence-electron chi connectivity index (χ1n) is 8.09. The van der Waals surface area contributed by atoms with Crippen molar-refractivity contribution in [2.24, 2.45) is 0 Å². The van der Waals surface area contributed by atoms with E-state index in [1.54, 1.807) is 0 Å². The average molecular weight is 403 g/mol. The summed E-state index contributed by atoms with van der Waals surface area (Å²) in [7, 11) is -3.12. The van der Waals surface area contributed by atoms with Gasteiger partial charge in [-0.05, 0) is 37.1 Å². The number of hydrogen-bond donors (Lipinski definition) is 1. The Morgan fingerprint density at radius 3 is 2.48 bits per heavy atom. The van der Waals surface area contributed by atoms with Crippen LogP contribution in [-0.4, -0.2) is 50.6 Å². The molecule has 1 saturated heterocycles. The molecule has 0 spiro atoms. The second-order valence-electron chi connectivity index (χ2n) is 5.97. The van der Waals surface area contributed by atoms with Crippen molar-refractivity contribution in [2.75, 3.05) is 11.5 Å². The maximum Gasteiger partial charge on any atom is 0.387 e. The number of rotatable bonds is 7. The van der Waals surface area contributed by atoms with Gasteiger partial charge in [0.1, 0.15) is 5.75 Å². The number of carbonyl (C=O) groups is 2. The molecule has 10 heteroatoms. The Balaban J connectivity index is 1.81. The number of hydrogen-bond acceptors (Lipinski definition) is 6. The summed E-state index contributed by atoms with van der Waals surface area (Å²) in [4.78, 5) is 23.7. The predicted octanol–water partition coefficient (Wildman–Crippen LogP) is 1.54. The highest BCUT2D eigenvalue weighted by Crippen LogP contribution is 2.16. The van der Waals surface area contributed by atoms with Crippen LogP contribution in [0.4, 0.5) is 8.78 Å². The molecule has 1 heterocycles. The maximum absolute atomic E-state index is 12.1. The monoisotopic (exact) mass is 403 g/mol. The smallest absolute Gasteiger partial charge is 0.387 e. The van der Waals surface area contributed by atoms with E-state index < -0.39 is 40.5 Å². The molecule has 2 atom stereocenters. The number of ether oxygens (including phenoxy) is 2. The van der Waals surface area contributed by atoms with E-state index in [0.717, 1.165) is 6.08 Å². The van der Waals surface area contributed by atoms with Crippen LogP contribution < -0.4 is 10.1 Å². The van der Waals surface area contributed by atoms with E-state index in [4.69, 9.17) is 4.74 Å². The van der Waals surface area contributed by atoms with Crippen molar-refractivity contribution in [2.45, 2.75) is 32.1 Å². The van der Waals surface area contributed by atoms with Crippen LogP contribution in [-0.2, 0) is 24.2 Å². The number of amides is 1. The zero-order valence-electron chi connectivity index (χ0n) is 14.4. The number of benzene rings is 1. The van der Waals surface area contributed by atoms with E-state index in [-0.39, 0.29) is 17.3 Å². The van der Waals surface area contributed by atoms with Gasteiger partial charge >= 0.3 is 12.6 Å². The summed E-state index contributed by atoms with van der Waals surface area (Å²) < 4.78 is 56.1. The van der Waals surface area contributed by atoms with E-state index in [9.17, 15) is 26.8 Å². The number of sulfone groups is 1. The third-order valence-corrected chi connectivity index (χ3v) is 5.53. The molecule has 0 aliphatic carbocycles. The lowest BCUT2D eigenvalue weighted by Crippen LogP contribution is -2.42. The lowest BCUT2D eigenvalue weighted by atomic mass is 10.2. The number of esters is 1. The molecule has 1 amide bonds. The van der Waals surface area contributed by atoms with Crippen LogP contribution in [0.1, 0.15) is 18.9 Å². The molecule has 1 aromatic carbocycles. The SMILES string of the molecule is C[C@@H](OC(=O)/C=C/c1ccc(OC(F)F)cc1)C(=O)N[C@H]1CCS(=O)(=O)C1. The van der Waals surface area contributed by atoms with Gasteiger partial charge in [0.15, 0.2) is 15.9 Å². The van der Waals surface area contributed by atoms with Crippen LogP contribution >= 0.6 is 0 Å². The highest BCUT2D eigenvalue weighted by molar-refractivity contribution is 7.91. The third kappa shape index (κ3) is 6.97. The Morgan fingerprint density at radius 1 is 1.26 bits per heavy atom. The Hall–Kier alpha value is -2.49. The minimum atomic E-state index is -3.12. The fourth-order valence-electron chi connectivity index (χ4n) is 2.42. The Morgan fingerprint density at radius 2 is 1.93 bits per heavy atom. The van der Waals surface area contributed by atoms with Crippen molar-refractivity contribution in [1.29, 1.82) is 0 Å². The lowest BCUT2D eigenvalue weighted by molar-refractivity contribution is -0.150. The van der Waals surface area contributed by atoms with Crippen molar-refractivity contribution < 1.29 is 36.3 Å². The molecule has 1 aliphatic heterocycles. The van der Waals surface area contributed by atoms with Crippen LogP contribution in [0.25, 0.3) is 6.08 Å². The predicted molar refractivity (Wildman–Crippen MR) is 92.9 cm³/mol. The zero-order chi connectivity index (χ0) is 20.0. The van der Waals surface area contributed by atoms with E-state index in [1.165, 1.54) is 37.3 Å². The summed E-state index contributed by atoms with van der Waals surface area (Å²) in [5.74, 6) is -1.46. The number of alkyl halides is 2. The molecule has 1 fully saturated rings. The van der Waals surface area contributed by atoms with Crippen molar-refractivity contribution >= 4 is 27.8 Å². The van der Waals surface area contributed by atoms with Crippen LogP contribution in [0.3, 0.4) is 0 Å². The molecule has 0 saturated carbocycles.